The van der Waals surface area contributed by atoms with Gasteiger partial charge in [0, 0.05) is 34.9 Å². The minimum absolute atomic E-state index is 0.0348. The number of carbonyl (C=O) groups is 1. The second kappa shape index (κ2) is 5.56. The molecule has 0 amide bonds. The molecule has 3 nitrogen and oxygen atoms in total. The molecule has 0 spiro atoms. The fourth-order valence-electron chi connectivity index (χ4n) is 3.28. The van der Waals surface area contributed by atoms with Gasteiger partial charge in [-0.2, -0.15) is 0 Å². The maximum absolute atomic E-state index is 12.5. The molecule has 4 heteroatoms. The Kier molecular flexibility index (Phi) is 3.87. The Hall–Kier alpha value is -1.58. The number of halogens is 1. The highest BCUT2D eigenvalue weighted by atomic mass is 35.5. The molecule has 0 unspecified atom stereocenters. The van der Waals surface area contributed by atoms with Gasteiger partial charge in [0.2, 0.25) is 0 Å². The Morgan fingerprint density at radius 1 is 1.23 bits per heavy atom. The minimum Gasteiger partial charge on any atom is -0.395 e. The first-order valence-corrected chi connectivity index (χ1v) is 7.91. The highest BCUT2D eigenvalue weighted by Crippen LogP contribution is 2.38. The lowest BCUT2D eigenvalue weighted by Gasteiger charge is -2.29. The number of Topliss-reactive ketones (excluding diaryl/α,β-unsaturated/α-hetero) is 1. The number of hydrogen-bond donors (Lipinski definition) is 1. The first kappa shape index (κ1) is 15.3. The summed E-state index contributed by atoms with van der Waals surface area (Å²) in [4.78, 5) is 12.5. The maximum Gasteiger partial charge on any atom is 0.165 e. The van der Waals surface area contributed by atoms with Crippen LogP contribution in [-0.2, 0) is 13.0 Å². The molecule has 1 aliphatic carbocycles. The van der Waals surface area contributed by atoms with Crippen LogP contribution >= 0.6 is 11.6 Å². The number of aliphatic hydroxyl groups is 1. The van der Waals surface area contributed by atoms with E-state index in [1.54, 1.807) is 0 Å². The summed E-state index contributed by atoms with van der Waals surface area (Å²) in [7, 11) is 0. The number of nitrogens with zero attached hydrogens (tertiary/aromatic N) is 1. The molecular formula is C18H20ClNO2. The third kappa shape index (κ3) is 2.71. The number of hydrogen-bond acceptors (Lipinski definition) is 2. The van der Waals surface area contributed by atoms with E-state index in [0.717, 1.165) is 28.9 Å². The van der Waals surface area contributed by atoms with Gasteiger partial charge >= 0.3 is 0 Å². The monoisotopic (exact) mass is 317 g/mol. The number of fused-ring (bicyclic) bond motifs is 1. The van der Waals surface area contributed by atoms with E-state index in [4.69, 9.17) is 11.6 Å². The van der Waals surface area contributed by atoms with Gasteiger partial charge in [-0.1, -0.05) is 37.6 Å². The zero-order chi connectivity index (χ0) is 15.9. The lowest BCUT2D eigenvalue weighted by molar-refractivity contribution is 0.0909. The number of benzene rings is 1. The van der Waals surface area contributed by atoms with Crippen LogP contribution in [-0.4, -0.2) is 22.1 Å². The Labute approximate surface area is 135 Å². The molecule has 116 valence electrons. The van der Waals surface area contributed by atoms with E-state index < -0.39 is 0 Å². The van der Waals surface area contributed by atoms with E-state index >= 15 is 0 Å². The van der Waals surface area contributed by atoms with Gasteiger partial charge in [-0.05, 0) is 35.6 Å². The molecule has 2 aromatic rings. The highest BCUT2D eigenvalue weighted by molar-refractivity contribution is 6.30. The van der Waals surface area contributed by atoms with Crippen LogP contribution in [0.2, 0.25) is 5.02 Å². The molecule has 0 atom stereocenters. The fourth-order valence-corrected chi connectivity index (χ4v) is 3.41. The van der Waals surface area contributed by atoms with E-state index in [-0.39, 0.29) is 17.8 Å². The lowest BCUT2D eigenvalue weighted by atomic mass is 9.76. The number of aromatic nitrogens is 1. The van der Waals surface area contributed by atoms with Gasteiger partial charge in [0.1, 0.15) is 0 Å². The Bertz CT molecular complexity index is 713. The molecule has 1 aliphatic rings. The predicted octanol–water partition coefficient (Wildman–Crippen LogP) is 3.96. The van der Waals surface area contributed by atoms with Gasteiger partial charge in [0.15, 0.2) is 5.78 Å². The van der Waals surface area contributed by atoms with E-state index in [1.807, 2.05) is 30.3 Å². The van der Waals surface area contributed by atoms with Crippen molar-refractivity contribution in [3.63, 3.8) is 0 Å². The summed E-state index contributed by atoms with van der Waals surface area (Å²) in [5.74, 6) is 0.193. The van der Waals surface area contributed by atoms with Crippen LogP contribution in [0.25, 0.3) is 11.3 Å². The Balaban J connectivity index is 2.16. The molecule has 1 aromatic heterocycles. The second-order valence-electron chi connectivity index (χ2n) is 6.71. The largest absolute Gasteiger partial charge is 0.395 e. The highest BCUT2D eigenvalue weighted by Gasteiger charge is 2.34. The molecular weight excluding hydrogens is 298 g/mol. The zero-order valence-corrected chi connectivity index (χ0v) is 13.7. The topological polar surface area (TPSA) is 42.2 Å². The average molecular weight is 318 g/mol. The summed E-state index contributed by atoms with van der Waals surface area (Å²) in [5, 5.41) is 10.1. The first-order chi connectivity index (χ1) is 10.4. The summed E-state index contributed by atoms with van der Waals surface area (Å²) < 4.78 is 2.08. The second-order valence-corrected chi connectivity index (χ2v) is 7.15. The number of ketones is 1. The first-order valence-electron chi connectivity index (χ1n) is 7.54. The zero-order valence-electron chi connectivity index (χ0n) is 12.9. The molecule has 0 bridgehead atoms. The molecule has 1 aromatic carbocycles. The summed E-state index contributed by atoms with van der Waals surface area (Å²) in [6.45, 7) is 4.78. The van der Waals surface area contributed by atoms with Crippen molar-refractivity contribution in [1.82, 2.24) is 4.57 Å². The number of aliphatic hydroxyl groups excluding tert-OH is 1. The summed E-state index contributed by atoms with van der Waals surface area (Å²) in [6.07, 6.45) is 1.42. The lowest BCUT2D eigenvalue weighted by Crippen LogP contribution is -2.28. The standard InChI is InChI=1S/C18H20ClNO2/c1-18(2)10-16-14(17(22)11-18)9-15(20(16)7-8-21)12-3-5-13(19)6-4-12/h3-6,9,21H,7-8,10-11H2,1-2H3. The third-order valence-electron chi connectivity index (χ3n) is 4.26. The summed E-state index contributed by atoms with van der Waals surface area (Å²) >= 11 is 5.96. The average Bonchev–Trinajstić information content (AvgIpc) is 2.78. The van der Waals surface area contributed by atoms with Gasteiger partial charge < -0.3 is 9.67 Å². The predicted molar refractivity (Wildman–Crippen MR) is 88.4 cm³/mol. The van der Waals surface area contributed by atoms with Crippen molar-refractivity contribution in [2.75, 3.05) is 6.61 Å². The van der Waals surface area contributed by atoms with Crippen LogP contribution in [0.1, 0.15) is 36.3 Å². The summed E-state index contributed by atoms with van der Waals surface area (Å²) in [6, 6.07) is 9.56. The maximum atomic E-state index is 12.5. The van der Waals surface area contributed by atoms with E-state index in [0.29, 0.717) is 18.0 Å². The van der Waals surface area contributed by atoms with Crippen molar-refractivity contribution >= 4 is 17.4 Å². The quantitative estimate of drug-likeness (QED) is 0.931. The smallest absolute Gasteiger partial charge is 0.165 e. The van der Waals surface area contributed by atoms with E-state index in [9.17, 15) is 9.90 Å². The van der Waals surface area contributed by atoms with Gasteiger partial charge in [-0.25, -0.2) is 0 Å². The van der Waals surface area contributed by atoms with Gasteiger partial charge in [-0.3, -0.25) is 4.79 Å². The molecule has 1 N–H and O–H groups in total. The van der Waals surface area contributed by atoms with E-state index in [1.165, 1.54) is 0 Å². The molecule has 0 saturated heterocycles. The summed E-state index contributed by atoms with van der Waals surface area (Å²) in [5.41, 5.74) is 3.80. The van der Waals surface area contributed by atoms with Crippen LogP contribution in [0.15, 0.2) is 30.3 Å². The van der Waals surface area contributed by atoms with E-state index in [2.05, 4.69) is 18.4 Å². The molecule has 0 radical (unpaired) electrons. The van der Waals surface area contributed by atoms with Crippen LogP contribution in [0, 0.1) is 5.41 Å². The molecule has 0 aliphatic heterocycles. The molecule has 0 saturated carbocycles. The number of carbonyl (C=O) groups excluding carboxylic acids is 1. The Morgan fingerprint density at radius 2 is 1.91 bits per heavy atom. The van der Waals surface area contributed by atoms with Crippen LogP contribution in [0.3, 0.4) is 0 Å². The van der Waals surface area contributed by atoms with Crippen LogP contribution in [0.5, 0.6) is 0 Å². The number of rotatable bonds is 3. The third-order valence-corrected chi connectivity index (χ3v) is 4.51. The van der Waals surface area contributed by atoms with Crippen LogP contribution < -0.4 is 0 Å². The molecule has 3 rings (SSSR count). The van der Waals surface area contributed by atoms with Crippen molar-refractivity contribution in [3.8, 4) is 11.3 Å². The molecule has 22 heavy (non-hydrogen) atoms. The van der Waals surface area contributed by atoms with Crippen molar-refractivity contribution in [2.24, 2.45) is 5.41 Å². The molecule has 1 heterocycles. The minimum atomic E-state index is -0.0348. The molecule has 0 fully saturated rings. The van der Waals surface area contributed by atoms with Gasteiger partial charge in [-0.15, -0.1) is 0 Å². The van der Waals surface area contributed by atoms with Crippen molar-refractivity contribution < 1.29 is 9.90 Å². The van der Waals surface area contributed by atoms with Gasteiger partial charge in [0.05, 0.1) is 6.61 Å². The Morgan fingerprint density at radius 3 is 2.55 bits per heavy atom. The van der Waals surface area contributed by atoms with Crippen molar-refractivity contribution in [2.45, 2.75) is 33.2 Å². The van der Waals surface area contributed by atoms with Gasteiger partial charge in [0.25, 0.3) is 0 Å². The van der Waals surface area contributed by atoms with Crippen molar-refractivity contribution in [1.29, 1.82) is 0 Å². The fraction of sp³-hybridized carbons (Fsp3) is 0.389. The van der Waals surface area contributed by atoms with Crippen LogP contribution in [0.4, 0.5) is 0 Å². The SMILES string of the molecule is CC1(C)CC(=O)c2cc(-c3ccc(Cl)cc3)n(CCO)c2C1. The van der Waals surface area contributed by atoms with Crippen molar-refractivity contribution in [3.05, 3.63) is 46.6 Å². The normalized spacial score (nSPS) is 16.6.